The number of fused-ring (bicyclic) bond motifs is 2. The molecule has 7 heteroatoms. The van der Waals surface area contributed by atoms with Gasteiger partial charge in [0.1, 0.15) is 6.54 Å². The zero-order valence-electron chi connectivity index (χ0n) is 31.5. The molecule has 0 spiro atoms. The van der Waals surface area contributed by atoms with Gasteiger partial charge in [0.05, 0.1) is 18.6 Å². The van der Waals surface area contributed by atoms with Gasteiger partial charge < -0.3 is 14.4 Å². The topological polar surface area (TPSA) is 58.9 Å². The van der Waals surface area contributed by atoms with E-state index in [1.54, 1.807) is 0 Å². The first-order valence-corrected chi connectivity index (χ1v) is 19.1. The molecule has 0 unspecified atom stereocenters. The zero-order valence-corrected chi connectivity index (χ0v) is 32.3. The molecule has 0 saturated carbocycles. The summed E-state index contributed by atoms with van der Waals surface area (Å²) in [6, 6.07) is 13.6. The van der Waals surface area contributed by atoms with Gasteiger partial charge in [0.15, 0.2) is 5.71 Å². The van der Waals surface area contributed by atoms with Crippen LogP contribution >= 0.6 is 11.6 Å². The average Bonchev–Trinajstić information content (AvgIpc) is 3.44. The fraction of sp³-hybridized carbons (Fsp3) is 0.477. The Morgan fingerprint density at radius 2 is 1.45 bits per heavy atom. The van der Waals surface area contributed by atoms with Gasteiger partial charge >= 0.3 is 0 Å². The van der Waals surface area contributed by atoms with Crippen LogP contribution in [0.15, 0.2) is 82.6 Å². The Morgan fingerprint density at radius 3 is 2.16 bits per heavy atom. The van der Waals surface area contributed by atoms with Gasteiger partial charge in [-0.05, 0) is 114 Å². The molecule has 51 heavy (non-hydrogen) atoms. The molecule has 0 N–H and O–H groups in total. The Bertz CT molecular complexity index is 1760. The number of ether oxygens (including phenoxy) is 2. The summed E-state index contributed by atoms with van der Waals surface area (Å²) in [7, 11) is 0. The fourth-order valence-corrected chi connectivity index (χ4v) is 8.30. The summed E-state index contributed by atoms with van der Waals surface area (Å²) in [5.41, 5.74) is 12.5. The van der Waals surface area contributed by atoms with Gasteiger partial charge in [-0.3, -0.25) is 9.59 Å². The van der Waals surface area contributed by atoms with E-state index in [4.69, 9.17) is 21.1 Å². The van der Waals surface area contributed by atoms with Crippen molar-refractivity contribution >= 4 is 41.6 Å². The molecular formula is C44H56ClN2O4+. The quantitative estimate of drug-likeness (QED) is 0.0929. The number of benzene rings is 2. The van der Waals surface area contributed by atoms with Gasteiger partial charge in [0.2, 0.25) is 5.69 Å². The Kier molecular flexibility index (Phi) is 12.8. The van der Waals surface area contributed by atoms with Crippen LogP contribution in [0.3, 0.4) is 0 Å². The number of carbonyl (C=O) groups is 2. The number of hydrogen-bond donors (Lipinski definition) is 0. The summed E-state index contributed by atoms with van der Waals surface area (Å²) >= 11 is 7.26. The third-order valence-electron chi connectivity index (χ3n) is 10.9. The van der Waals surface area contributed by atoms with Crippen molar-refractivity contribution in [2.24, 2.45) is 0 Å². The van der Waals surface area contributed by atoms with Gasteiger partial charge in [-0.25, -0.2) is 0 Å². The SMILES string of the molecule is Cc1ccc2c(c1)C(C)(C)C(/C=C/C1=C(Cl)C(=C/C=C3/N(CCCCCOC=O)c4ccc(C)cc4C3(C)C)/CCC1)=[N+]2CCCCCOC=O. The van der Waals surface area contributed by atoms with Crippen LogP contribution in [0, 0.1) is 13.8 Å². The summed E-state index contributed by atoms with van der Waals surface area (Å²) in [6.07, 6.45) is 17.9. The van der Waals surface area contributed by atoms with Crippen LogP contribution in [0.2, 0.25) is 0 Å². The second-order valence-electron chi connectivity index (χ2n) is 15.3. The highest BCUT2D eigenvalue weighted by Gasteiger charge is 2.44. The van der Waals surface area contributed by atoms with E-state index in [9.17, 15) is 9.59 Å². The Balaban J connectivity index is 1.42. The lowest BCUT2D eigenvalue weighted by Crippen LogP contribution is -2.28. The van der Waals surface area contributed by atoms with Crippen molar-refractivity contribution in [2.75, 3.05) is 31.2 Å². The lowest BCUT2D eigenvalue weighted by molar-refractivity contribution is -0.438. The zero-order chi connectivity index (χ0) is 36.6. The van der Waals surface area contributed by atoms with Crippen molar-refractivity contribution in [3.05, 3.63) is 105 Å². The molecule has 6 nitrogen and oxygen atoms in total. The molecule has 0 atom stereocenters. The van der Waals surface area contributed by atoms with Crippen LogP contribution in [-0.2, 0) is 29.9 Å². The predicted molar refractivity (Wildman–Crippen MR) is 209 cm³/mol. The van der Waals surface area contributed by atoms with Crippen LogP contribution in [0.1, 0.15) is 108 Å². The van der Waals surface area contributed by atoms with E-state index in [0.29, 0.717) is 26.2 Å². The Labute approximate surface area is 310 Å². The molecule has 0 radical (unpaired) electrons. The number of carbonyl (C=O) groups excluding carboxylic acids is 2. The van der Waals surface area contributed by atoms with E-state index in [2.05, 4.69) is 112 Å². The van der Waals surface area contributed by atoms with Crippen molar-refractivity contribution < 1.29 is 23.6 Å². The number of hydrogen-bond acceptors (Lipinski definition) is 5. The minimum absolute atomic E-state index is 0.143. The maximum absolute atomic E-state index is 10.6. The van der Waals surface area contributed by atoms with Gasteiger partial charge in [-0.1, -0.05) is 66.9 Å². The van der Waals surface area contributed by atoms with E-state index in [1.807, 2.05) is 0 Å². The van der Waals surface area contributed by atoms with Gasteiger partial charge in [0, 0.05) is 52.5 Å². The van der Waals surface area contributed by atoms with Crippen LogP contribution in [0.25, 0.3) is 0 Å². The Morgan fingerprint density at radius 1 is 0.784 bits per heavy atom. The third-order valence-corrected chi connectivity index (χ3v) is 11.3. The molecule has 0 aromatic heterocycles. The first kappa shape index (κ1) is 38.3. The number of anilines is 1. The molecule has 0 fully saturated rings. The maximum Gasteiger partial charge on any atom is 0.293 e. The first-order valence-electron chi connectivity index (χ1n) is 18.7. The maximum atomic E-state index is 10.6. The second kappa shape index (κ2) is 17.1. The van der Waals surface area contributed by atoms with Gasteiger partial charge in [-0.2, -0.15) is 4.58 Å². The number of aryl methyl sites for hydroxylation is 2. The molecule has 5 rings (SSSR count). The normalized spacial score (nSPS) is 19.3. The largest absolute Gasteiger partial charge is 0.468 e. The molecule has 0 bridgehead atoms. The lowest BCUT2D eigenvalue weighted by atomic mass is 9.80. The summed E-state index contributed by atoms with van der Waals surface area (Å²) in [4.78, 5) is 23.6. The molecule has 272 valence electrons. The highest BCUT2D eigenvalue weighted by atomic mass is 35.5. The summed E-state index contributed by atoms with van der Waals surface area (Å²) in [5, 5.41) is 0.867. The molecule has 2 aromatic rings. The summed E-state index contributed by atoms with van der Waals surface area (Å²) in [6.45, 7) is 17.5. The van der Waals surface area contributed by atoms with Crippen molar-refractivity contribution in [1.29, 1.82) is 0 Å². The predicted octanol–water partition coefficient (Wildman–Crippen LogP) is 10.2. The average molecular weight is 712 g/mol. The molecule has 3 aliphatic rings. The molecule has 0 saturated heterocycles. The molecular weight excluding hydrogens is 656 g/mol. The van der Waals surface area contributed by atoms with Crippen LogP contribution in [0.5, 0.6) is 0 Å². The molecule has 2 heterocycles. The molecule has 1 aliphatic carbocycles. The number of unbranched alkanes of at least 4 members (excludes halogenated alkanes) is 4. The monoisotopic (exact) mass is 711 g/mol. The first-order chi connectivity index (χ1) is 24.5. The lowest BCUT2D eigenvalue weighted by Gasteiger charge is -2.27. The number of halogens is 1. The highest BCUT2D eigenvalue weighted by molar-refractivity contribution is 6.32. The van der Waals surface area contributed by atoms with Crippen LogP contribution in [-0.4, -0.2) is 49.5 Å². The van der Waals surface area contributed by atoms with Crippen molar-refractivity contribution in [1.82, 2.24) is 0 Å². The molecule has 2 aromatic carbocycles. The standard InChI is InChI=1S/C44H56ClN2O4/c1-32-16-20-38-36(28-32)43(3,4)40(46(38)24-9-7-11-26-50-30-48)22-18-34-14-13-15-35(42(34)45)19-23-41-44(5,6)37-29-33(2)17-21-39(37)47(41)25-10-8-12-27-51-31-49/h16-23,28-31H,7-15,24-27H2,1-6H3/q+1. The highest BCUT2D eigenvalue weighted by Crippen LogP contribution is 2.48. The smallest absolute Gasteiger partial charge is 0.293 e. The van der Waals surface area contributed by atoms with Crippen molar-refractivity contribution in [3.63, 3.8) is 0 Å². The summed E-state index contributed by atoms with van der Waals surface area (Å²) in [5.74, 6) is 0. The minimum atomic E-state index is -0.143. The Hall–Kier alpha value is -3.90. The van der Waals surface area contributed by atoms with E-state index < -0.39 is 0 Å². The second-order valence-corrected chi connectivity index (χ2v) is 15.7. The van der Waals surface area contributed by atoms with Crippen molar-refractivity contribution in [3.8, 4) is 0 Å². The van der Waals surface area contributed by atoms with Crippen LogP contribution < -0.4 is 4.90 Å². The summed E-state index contributed by atoms with van der Waals surface area (Å²) < 4.78 is 12.3. The number of rotatable bonds is 17. The minimum Gasteiger partial charge on any atom is -0.468 e. The van der Waals surface area contributed by atoms with Crippen LogP contribution in [0.4, 0.5) is 11.4 Å². The fourth-order valence-electron chi connectivity index (χ4n) is 7.99. The molecule has 0 amide bonds. The van der Waals surface area contributed by atoms with Gasteiger partial charge in [-0.15, -0.1) is 0 Å². The van der Waals surface area contributed by atoms with Crippen molar-refractivity contribution in [2.45, 2.75) is 110 Å². The number of nitrogens with zero attached hydrogens (tertiary/aromatic N) is 2. The van der Waals surface area contributed by atoms with Gasteiger partial charge in [0.25, 0.3) is 12.9 Å². The van der Waals surface area contributed by atoms with E-state index in [1.165, 1.54) is 56.2 Å². The van der Waals surface area contributed by atoms with E-state index >= 15 is 0 Å². The van der Waals surface area contributed by atoms with E-state index in [-0.39, 0.29) is 10.8 Å². The third kappa shape index (κ3) is 8.60. The number of allylic oxidation sites excluding steroid dienone is 8. The molecule has 2 aliphatic heterocycles. The van der Waals surface area contributed by atoms with E-state index in [0.717, 1.165) is 75.9 Å².